The first-order valence-electron chi connectivity index (χ1n) is 10.0. The number of nitrogens with zero attached hydrogens (tertiary/aromatic N) is 2. The van der Waals surface area contributed by atoms with E-state index < -0.39 is 0 Å². The summed E-state index contributed by atoms with van der Waals surface area (Å²) in [6.45, 7) is 2.21. The van der Waals surface area contributed by atoms with Gasteiger partial charge in [-0.3, -0.25) is 4.48 Å². The Bertz CT molecular complexity index is 768. The smallest absolute Gasteiger partial charge is 0.193 e. The summed E-state index contributed by atoms with van der Waals surface area (Å²) in [5, 5.41) is 23.1. The fourth-order valence-corrected chi connectivity index (χ4v) is 8.58. The van der Waals surface area contributed by atoms with Crippen LogP contribution in [0.4, 0.5) is 5.69 Å². The third kappa shape index (κ3) is 1.27. The van der Waals surface area contributed by atoms with Crippen LogP contribution in [-0.2, 0) is 5.41 Å². The Morgan fingerprint density at radius 2 is 2.00 bits per heavy atom. The lowest BCUT2D eigenvalue weighted by atomic mass is 9.61. The summed E-state index contributed by atoms with van der Waals surface area (Å²) in [4.78, 5) is 2.44. The van der Waals surface area contributed by atoms with E-state index in [1.807, 2.05) is 0 Å². The van der Waals surface area contributed by atoms with Crippen molar-refractivity contribution in [3.8, 4) is 0 Å². The molecule has 1 aromatic carbocycles. The zero-order valence-electron chi connectivity index (χ0n) is 15.3. The predicted molar refractivity (Wildman–Crippen MR) is 96.1 cm³/mol. The van der Waals surface area contributed by atoms with Crippen LogP contribution in [0.25, 0.3) is 0 Å². The molecule has 0 radical (unpaired) electrons. The van der Waals surface area contributed by atoms with Crippen LogP contribution in [0.1, 0.15) is 31.7 Å². The standard InChI is InChI=1S/C21H29N2O2/c1-4-11-12-9-15-18-21(13-7-5-6-8-14(13)22(18)2)10-16(17(12)19(21)24)23(15,3)20(11)25/h5-8,11-12,15-20,24-25H,4,9-10H2,1-3H3/q+1/t11-,12-,15+,16+,17-,18+,19+,20+,21+,23+/m1/s1. The summed E-state index contributed by atoms with van der Waals surface area (Å²) in [6, 6.07) is 9.87. The van der Waals surface area contributed by atoms with Crippen molar-refractivity contribution in [3.63, 3.8) is 0 Å². The van der Waals surface area contributed by atoms with E-state index in [1.54, 1.807) is 0 Å². The Morgan fingerprint density at radius 1 is 1.24 bits per heavy atom. The molecule has 134 valence electrons. The van der Waals surface area contributed by atoms with Gasteiger partial charge in [-0.1, -0.05) is 25.1 Å². The van der Waals surface area contributed by atoms with Gasteiger partial charge in [0.1, 0.15) is 6.04 Å². The lowest BCUT2D eigenvalue weighted by Crippen LogP contribution is -2.81. The van der Waals surface area contributed by atoms with Crippen LogP contribution in [0.3, 0.4) is 0 Å². The van der Waals surface area contributed by atoms with Gasteiger partial charge in [0.2, 0.25) is 0 Å². The first-order valence-corrected chi connectivity index (χ1v) is 10.0. The predicted octanol–water partition coefficient (Wildman–Crippen LogP) is 1.70. The first-order chi connectivity index (χ1) is 12.0. The maximum atomic E-state index is 11.7. The molecule has 1 saturated carbocycles. The highest BCUT2D eigenvalue weighted by Gasteiger charge is 2.82. The van der Waals surface area contributed by atoms with Crippen LogP contribution in [0.2, 0.25) is 0 Å². The molecule has 0 aromatic heterocycles. The largest absolute Gasteiger partial charge is 0.392 e. The molecule has 25 heavy (non-hydrogen) atoms. The normalized spacial score (nSPS) is 57.1. The summed E-state index contributed by atoms with van der Waals surface area (Å²) < 4.78 is 0.779. The Morgan fingerprint density at radius 3 is 2.76 bits per heavy atom. The van der Waals surface area contributed by atoms with Crippen molar-refractivity contribution in [3.05, 3.63) is 29.8 Å². The molecular weight excluding hydrogens is 312 g/mol. The van der Waals surface area contributed by atoms with Gasteiger partial charge in [-0.15, -0.1) is 0 Å². The zero-order valence-corrected chi connectivity index (χ0v) is 15.3. The monoisotopic (exact) mass is 341 g/mol. The van der Waals surface area contributed by atoms with E-state index in [4.69, 9.17) is 0 Å². The van der Waals surface area contributed by atoms with Gasteiger partial charge in [-0.05, 0) is 24.0 Å². The minimum absolute atomic E-state index is 0.125. The number of benzene rings is 1. The summed E-state index contributed by atoms with van der Waals surface area (Å²) in [7, 11) is 4.51. The topological polar surface area (TPSA) is 43.7 Å². The number of aliphatic hydroxyl groups excluding tert-OH is 2. The van der Waals surface area contributed by atoms with E-state index in [-0.39, 0.29) is 17.7 Å². The maximum absolute atomic E-state index is 11.7. The molecule has 1 aliphatic carbocycles. The quantitative estimate of drug-likeness (QED) is 0.764. The molecule has 4 saturated heterocycles. The number of hydrogen-bond acceptors (Lipinski definition) is 3. The molecule has 4 nitrogen and oxygen atoms in total. The summed E-state index contributed by atoms with van der Waals surface area (Å²) in [6.07, 6.45) is 2.67. The number of anilines is 1. The van der Waals surface area contributed by atoms with Gasteiger partial charge in [0.05, 0.1) is 30.7 Å². The fraction of sp³-hybridized carbons (Fsp3) is 0.714. The van der Waals surface area contributed by atoms with E-state index in [0.29, 0.717) is 35.9 Å². The van der Waals surface area contributed by atoms with Gasteiger partial charge in [-0.2, -0.15) is 0 Å². The van der Waals surface area contributed by atoms with Crippen molar-refractivity contribution < 1.29 is 14.7 Å². The molecule has 4 heteroatoms. The van der Waals surface area contributed by atoms with Crippen LogP contribution in [0.15, 0.2) is 24.3 Å². The van der Waals surface area contributed by atoms with Crippen molar-refractivity contribution in [2.24, 2.45) is 17.8 Å². The van der Waals surface area contributed by atoms with Gasteiger partial charge in [0, 0.05) is 37.4 Å². The summed E-state index contributed by atoms with van der Waals surface area (Å²) >= 11 is 0. The van der Waals surface area contributed by atoms with Crippen molar-refractivity contribution in [1.82, 2.24) is 0 Å². The number of rotatable bonds is 1. The Kier molecular flexibility index (Phi) is 2.54. The second-order valence-electron chi connectivity index (χ2n) is 9.58. The second-order valence-corrected chi connectivity index (χ2v) is 9.58. The number of fused-ring (bicyclic) bond motifs is 2. The molecule has 6 aliphatic rings. The SMILES string of the molecule is CC[C@@H]1[C@H]2C[C@H]3[C@@H]4N(C)c5ccccc5[C@@]45C[C@@H]([C@@H]2[C@@H]5O)[N@@+]3(C)[C@H]1O. The van der Waals surface area contributed by atoms with Crippen LogP contribution in [-0.4, -0.2) is 59.2 Å². The molecule has 10 atom stereocenters. The molecule has 5 aliphatic heterocycles. The molecule has 0 unspecified atom stereocenters. The Balaban J connectivity index is 1.63. The highest BCUT2D eigenvalue weighted by Crippen LogP contribution is 2.70. The minimum Gasteiger partial charge on any atom is -0.392 e. The molecule has 5 bridgehead atoms. The Hall–Kier alpha value is -1.10. The third-order valence-electron chi connectivity index (χ3n) is 9.39. The van der Waals surface area contributed by atoms with Gasteiger partial charge in [0.15, 0.2) is 6.23 Å². The molecule has 5 fully saturated rings. The van der Waals surface area contributed by atoms with Gasteiger partial charge in [0.25, 0.3) is 0 Å². The lowest BCUT2D eigenvalue weighted by molar-refractivity contribution is -1.02. The molecular formula is C21H29N2O2+. The molecule has 1 spiro atoms. The second kappa shape index (κ2) is 4.24. The molecule has 0 amide bonds. The average Bonchev–Trinajstić information content (AvgIpc) is 2.99. The van der Waals surface area contributed by atoms with Gasteiger partial charge < -0.3 is 15.1 Å². The van der Waals surface area contributed by atoms with E-state index in [1.165, 1.54) is 11.3 Å². The number of para-hydroxylation sites is 1. The van der Waals surface area contributed by atoms with E-state index in [2.05, 4.69) is 50.2 Å². The molecule has 2 N–H and O–H groups in total. The highest BCUT2D eigenvalue weighted by atomic mass is 16.3. The summed E-state index contributed by atoms with van der Waals surface area (Å²) in [5.74, 6) is 1.17. The lowest BCUT2D eigenvalue weighted by Gasteiger charge is -2.66. The number of aliphatic hydroxyl groups is 2. The summed E-state index contributed by atoms with van der Waals surface area (Å²) in [5.41, 5.74) is 2.54. The van der Waals surface area contributed by atoms with Crippen LogP contribution < -0.4 is 4.90 Å². The number of hydrogen-bond donors (Lipinski definition) is 2. The Labute approximate surface area is 149 Å². The number of likely N-dealkylation sites (N-methyl/N-ethyl adjacent to an activating group) is 2. The van der Waals surface area contributed by atoms with Crippen molar-refractivity contribution in [2.45, 2.75) is 62.1 Å². The van der Waals surface area contributed by atoms with Gasteiger partial charge in [-0.25, -0.2) is 0 Å². The molecule has 5 heterocycles. The first kappa shape index (κ1) is 15.0. The van der Waals surface area contributed by atoms with E-state index in [0.717, 1.165) is 23.7 Å². The number of piperidine rings is 4. The van der Waals surface area contributed by atoms with Crippen LogP contribution in [0.5, 0.6) is 0 Å². The highest BCUT2D eigenvalue weighted by molar-refractivity contribution is 5.66. The van der Waals surface area contributed by atoms with Crippen LogP contribution >= 0.6 is 0 Å². The molecule has 1 aromatic rings. The van der Waals surface area contributed by atoms with E-state index >= 15 is 0 Å². The molecule has 7 rings (SSSR count). The average molecular weight is 341 g/mol. The van der Waals surface area contributed by atoms with Crippen LogP contribution in [0, 0.1) is 17.8 Å². The van der Waals surface area contributed by atoms with Crippen molar-refractivity contribution in [1.29, 1.82) is 0 Å². The third-order valence-corrected chi connectivity index (χ3v) is 9.39. The minimum atomic E-state index is -0.273. The van der Waals surface area contributed by atoms with E-state index in [9.17, 15) is 10.2 Å². The zero-order chi connectivity index (χ0) is 17.3. The fourth-order valence-electron chi connectivity index (χ4n) is 8.58. The van der Waals surface area contributed by atoms with Crippen molar-refractivity contribution in [2.75, 3.05) is 19.0 Å². The van der Waals surface area contributed by atoms with Crippen molar-refractivity contribution >= 4 is 5.69 Å². The number of quaternary nitrogens is 1. The maximum Gasteiger partial charge on any atom is 0.193 e. The van der Waals surface area contributed by atoms with Gasteiger partial charge >= 0.3 is 0 Å².